The zero-order valence-electron chi connectivity index (χ0n) is 18.6. The van der Waals surface area contributed by atoms with Gasteiger partial charge in [-0.05, 0) is 67.0 Å². The van der Waals surface area contributed by atoms with E-state index in [-0.39, 0.29) is 12.2 Å². The van der Waals surface area contributed by atoms with Gasteiger partial charge in [0.1, 0.15) is 11.6 Å². The molecular formula is C26H29ClN2O3. The van der Waals surface area contributed by atoms with Crippen molar-refractivity contribution in [2.75, 3.05) is 0 Å². The Bertz CT molecular complexity index is 1140. The van der Waals surface area contributed by atoms with E-state index in [1.807, 2.05) is 26.8 Å². The lowest BCUT2D eigenvalue weighted by molar-refractivity contribution is -0.136. The van der Waals surface area contributed by atoms with Crippen molar-refractivity contribution < 1.29 is 15.0 Å². The summed E-state index contributed by atoms with van der Waals surface area (Å²) in [6, 6.07) is 12.8. The number of aromatic amines is 1. The number of aliphatic hydroxyl groups excluding tert-OH is 1. The Morgan fingerprint density at radius 1 is 1.22 bits per heavy atom. The van der Waals surface area contributed by atoms with Gasteiger partial charge in [-0.1, -0.05) is 55.8 Å². The summed E-state index contributed by atoms with van der Waals surface area (Å²) in [7, 11) is 0. The molecule has 32 heavy (non-hydrogen) atoms. The second-order valence-corrected chi connectivity index (χ2v) is 8.80. The number of carboxylic acid groups (broad SMARTS) is 1. The van der Waals surface area contributed by atoms with Crippen LogP contribution in [0.5, 0.6) is 0 Å². The Kier molecular flexibility index (Phi) is 7.75. The Balaban J connectivity index is 0.000000210. The van der Waals surface area contributed by atoms with Gasteiger partial charge in [-0.2, -0.15) is 0 Å². The number of fused-ring (bicyclic) bond motifs is 1. The number of hydrogen-bond acceptors (Lipinski definition) is 3. The molecule has 1 fully saturated rings. The van der Waals surface area contributed by atoms with Gasteiger partial charge in [0.15, 0.2) is 0 Å². The average molecular weight is 453 g/mol. The third-order valence-corrected chi connectivity index (χ3v) is 5.41. The first kappa shape index (κ1) is 23.6. The topological polar surface area (TPSA) is 86.2 Å². The molecule has 0 bridgehead atoms. The number of aliphatic hydroxyl groups is 1. The van der Waals surface area contributed by atoms with E-state index in [9.17, 15) is 4.79 Å². The van der Waals surface area contributed by atoms with E-state index in [4.69, 9.17) is 21.8 Å². The molecule has 0 aliphatic heterocycles. The van der Waals surface area contributed by atoms with Crippen LogP contribution in [0.3, 0.4) is 0 Å². The van der Waals surface area contributed by atoms with Crippen LogP contribution in [0.25, 0.3) is 22.2 Å². The van der Waals surface area contributed by atoms with E-state index in [1.165, 1.54) is 30.6 Å². The summed E-state index contributed by atoms with van der Waals surface area (Å²) in [6.45, 7) is 5.90. The van der Waals surface area contributed by atoms with E-state index >= 15 is 0 Å². The van der Waals surface area contributed by atoms with Crippen molar-refractivity contribution in [1.29, 1.82) is 0 Å². The fraction of sp³-hybridized carbons (Fsp3) is 0.308. The zero-order valence-corrected chi connectivity index (χ0v) is 19.4. The highest BCUT2D eigenvalue weighted by Crippen LogP contribution is 2.41. The number of H-pyrrole nitrogens is 1. The molecule has 0 spiro atoms. The molecule has 4 rings (SSSR count). The molecule has 0 unspecified atom stereocenters. The van der Waals surface area contributed by atoms with E-state index < -0.39 is 5.97 Å². The highest BCUT2D eigenvalue weighted by molar-refractivity contribution is 6.34. The fourth-order valence-electron chi connectivity index (χ4n) is 3.28. The number of carbonyl (C=O) groups is 1. The first-order chi connectivity index (χ1) is 15.2. The molecule has 0 atom stereocenters. The highest BCUT2D eigenvalue weighted by Gasteiger charge is 2.23. The second kappa shape index (κ2) is 10.5. The van der Waals surface area contributed by atoms with Gasteiger partial charge < -0.3 is 15.2 Å². The van der Waals surface area contributed by atoms with Gasteiger partial charge in [0.2, 0.25) is 0 Å². The summed E-state index contributed by atoms with van der Waals surface area (Å²) < 4.78 is 0. The van der Waals surface area contributed by atoms with E-state index in [0.29, 0.717) is 5.92 Å². The summed E-state index contributed by atoms with van der Waals surface area (Å²) in [5.41, 5.74) is 5.61. The number of allylic oxidation sites excluding steroid dienone is 2. The number of aryl methyl sites for hydroxylation is 1. The van der Waals surface area contributed by atoms with Crippen LogP contribution in [0.2, 0.25) is 5.02 Å². The van der Waals surface area contributed by atoms with Crippen molar-refractivity contribution in [3.8, 4) is 11.1 Å². The monoisotopic (exact) mass is 452 g/mol. The predicted molar refractivity (Wildman–Crippen MR) is 130 cm³/mol. The standard InChI is InChI=1S/C17H15ClN2.C9H14O3/c1-10-19-16-8-14(15(18)9-17(16)20-10)13-6-4-12(5-7-13)11-2-3-11;1-7(2)3-4-8(10)5-6-9(11)12/h4-9,11H,2-3H2,1H3,(H,19,20);3-5,7,10H,6H2,1-2H3,(H,11,12)/b;4-3-,8-5+. The molecule has 2 aromatic carbocycles. The Morgan fingerprint density at radius 2 is 1.91 bits per heavy atom. The lowest BCUT2D eigenvalue weighted by atomic mass is 10.0. The number of rotatable bonds is 6. The van der Waals surface area contributed by atoms with Gasteiger partial charge in [0, 0.05) is 5.56 Å². The molecule has 168 valence electrons. The van der Waals surface area contributed by atoms with Crippen molar-refractivity contribution in [3.63, 3.8) is 0 Å². The van der Waals surface area contributed by atoms with Crippen molar-refractivity contribution in [2.45, 2.75) is 46.0 Å². The smallest absolute Gasteiger partial charge is 0.307 e. The summed E-state index contributed by atoms with van der Waals surface area (Å²) in [5.74, 6) is 1.12. The maximum absolute atomic E-state index is 10.1. The van der Waals surface area contributed by atoms with Crippen LogP contribution < -0.4 is 0 Å². The van der Waals surface area contributed by atoms with Gasteiger partial charge >= 0.3 is 5.97 Å². The second-order valence-electron chi connectivity index (χ2n) is 8.40. The van der Waals surface area contributed by atoms with E-state index in [0.717, 1.165) is 38.9 Å². The number of aromatic nitrogens is 2. The van der Waals surface area contributed by atoms with Crippen LogP contribution in [-0.2, 0) is 4.79 Å². The quantitative estimate of drug-likeness (QED) is 0.273. The van der Waals surface area contributed by atoms with Gasteiger partial charge in [-0.15, -0.1) is 0 Å². The maximum atomic E-state index is 10.1. The van der Waals surface area contributed by atoms with Gasteiger partial charge in [-0.3, -0.25) is 4.79 Å². The largest absolute Gasteiger partial charge is 0.508 e. The molecular weight excluding hydrogens is 424 g/mol. The van der Waals surface area contributed by atoms with Crippen LogP contribution in [-0.4, -0.2) is 26.2 Å². The number of hydrogen-bond donors (Lipinski definition) is 3. The van der Waals surface area contributed by atoms with Gasteiger partial charge in [-0.25, -0.2) is 4.98 Å². The molecule has 3 aromatic rings. The highest BCUT2D eigenvalue weighted by atomic mass is 35.5. The third kappa shape index (κ3) is 6.72. The molecule has 0 saturated heterocycles. The van der Waals surface area contributed by atoms with Crippen molar-refractivity contribution in [1.82, 2.24) is 9.97 Å². The summed E-state index contributed by atoms with van der Waals surface area (Å²) in [5, 5.41) is 18.1. The molecule has 6 heteroatoms. The van der Waals surface area contributed by atoms with Crippen molar-refractivity contribution >= 4 is 28.6 Å². The lowest BCUT2D eigenvalue weighted by Crippen LogP contribution is -1.91. The Hall–Kier alpha value is -3.05. The minimum atomic E-state index is -0.945. The molecule has 1 saturated carbocycles. The maximum Gasteiger partial charge on any atom is 0.307 e. The average Bonchev–Trinajstić information content (AvgIpc) is 3.53. The number of carboxylic acids is 1. The Morgan fingerprint density at radius 3 is 2.50 bits per heavy atom. The lowest BCUT2D eigenvalue weighted by Gasteiger charge is -2.06. The van der Waals surface area contributed by atoms with E-state index in [2.05, 4.69) is 40.3 Å². The molecule has 1 aliphatic carbocycles. The van der Waals surface area contributed by atoms with Crippen LogP contribution in [0.1, 0.15) is 50.4 Å². The number of nitrogens with zero attached hydrogens (tertiary/aromatic N) is 1. The number of benzene rings is 2. The first-order valence-corrected chi connectivity index (χ1v) is 11.2. The molecule has 1 aromatic heterocycles. The minimum Gasteiger partial charge on any atom is -0.508 e. The Labute approximate surface area is 193 Å². The van der Waals surface area contributed by atoms with Crippen molar-refractivity contribution in [3.05, 3.63) is 76.8 Å². The van der Waals surface area contributed by atoms with Gasteiger partial charge in [0.25, 0.3) is 0 Å². The third-order valence-electron chi connectivity index (χ3n) is 5.10. The van der Waals surface area contributed by atoms with Crippen LogP contribution >= 0.6 is 11.6 Å². The molecule has 0 radical (unpaired) electrons. The molecule has 5 nitrogen and oxygen atoms in total. The summed E-state index contributed by atoms with van der Waals surface area (Å²) in [4.78, 5) is 17.8. The number of halogens is 1. The van der Waals surface area contributed by atoms with Crippen LogP contribution in [0, 0.1) is 12.8 Å². The zero-order chi connectivity index (χ0) is 23.3. The molecule has 1 aliphatic rings. The number of aliphatic carboxylic acids is 1. The normalized spacial score (nSPS) is 14.1. The number of imidazole rings is 1. The minimum absolute atomic E-state index is 0.00565. The molecule has 0 amide bonds. The SMILES string of the molecule is CC(C)/C=C\C(O)=C/CC(=O)O.Cc1nc2cc(-c3ccc(C4CC4)cc3)c(Cl)cc2[nH]1. The summed E-state index contributed by atoms with van der Waals surface area (Å²) in [6.07, 6.45) is 7.09. The fourth-order valence-corrected chi connectivity index (χ4v) is 3.55. The first-order valence-electron chi connectivity index (χ1n) is 10.8. The summed E-state index contributed by atoms with van der Waals surface area (Å²) >= 11 is 6.41. The van der Waals surface area contributed by atoms with Crippen molar-refractivity contribution in [2.24, 2.45) is 5.92 Å². The van der Waals surface area contributed by atoms with Crippen LogP contribution in [0.15, 0.2) is 60.4 Å². The van der Waals surface area contributed by atoms with Crippen LogP contribution in [0.4, 0.5) is 0 Å². The number of nitrogens with one attached hydrogen (secondary N) is 1. The van der Waals surface area contributed by atoms with E-state index in [1.54, 1.807) is 6.08 Å². The molecule has 3 N–H and O–H groups in total. The predicted octanol–water partition coefficient (Wildman–Crippen LogP) is 7.18. The molecule has 1 heterocycles. The van der Waals surface area contributed by atoms with Gasteiger partial charge in [0.05, 0.1) is 22.5 Å².